The molecule has 0 aliphatic carbocycles. The number of hydrogen-bond acceptors (Lipinski definition) is 7. The van der Waals surface area contributed by atoms with Gasteiger partial charge in [-0.15, -0.1) is 0 Å². The molecule has 0 aliphatic heterocycles. The molecular weight excluding hydrogens is 546 g/mol. The van der Waals surface area contributed by atoms with E-state index in [1.165, 1.54) is 13.0 Å². The predicted molar refractivity (Wildman–Crippen MR) is 168 cm³/mol. The fourth-order valence-electron chi connectivity index (χ4n) is 4.72. The first kappa shape index (κ1) is 30.8. The van der Waals surface area contributed by atoms with Gasteiger partial charge in [-0.2, -0.15) is 0 Å². The first-order valence-corrected chi connectivity index (χ1v) is 14.0. The molecule has 0 aromatic heterocycles. The van der Waals surface area contributed by atoms with Crippen molar-refractivity contribution in [3.63, 3.8) is 0 Å². The lowest BCUT2D eigenvalue weighted by Gasteiger charge is -2.28. The number of ether oxygens (including phenoxy) is 2. The van der Waals surface area contributed by atoms with Gasteiger partial charge < -0.3 is 25.6 Å². The number of ketones is 1. The lowest BCUT2D eigenvalue weighted by Crippen LogP contribution is -2.29. The Balaban J connectivity index is 1.55. The second-order valence-corrected chi connectivity index (χ2v) is 9.85. The lowest BCUT2D eigenvalue weighted by molar-refractivity contribution is -0.111. The third-order valence-corrected chi connectivity index (χ3v) is 6.84. The van der Waals surface area contributed by atoms with Gasteiger partial charge in [0.15, 0.2) is 11.9 Å². The zero-order valence-electron chi connectivity index (χ0n) is 24.1. The quantitative estimate of drug-likeness (QED) is 0.0802. The maximum atomic E-state index is 13.2. The van der Waals surface area contributed by atoms with E-state index in [1.807, 2.05) is 25.1 Å². The van der Waals surface area contributed by atoms with Crippen LogP contribution in [0.4, 0.5) is 21.9 Å². The smallest absolute Gasteiger partial charge is 0.412 e. The second-order valence-electron chi connectivity index (χ2n) is 9.85. The molecule has 0 radical (unpaired) electrons. The van der Waals surface area contributed by atoms with Crippen LogP contribution in [-0.2, 0) is 14.3 Å². The number of allylic oxidation sites excluding steroid dienone is 1. The second kappa shape index (κ2) is 14.7. The van der Waals surface area contributed by atoms with E-state index in [0.29, 0.717) is 58.4 Å². The average molecular weight is 582 g/mol. The molecule has 9 heteroatoms. The summed E-state index contributed by atoms with van der Waals surface area (Å²) in [5.74, 6) is -0.295. The minimum atomic E-state index is -0.853. The Morgan fingerprint density at radius 3 is 2.30 bits per heavy atom. The highest BCUT2D eigenvalue weighted by Gasteiger charge is 2.29. The minimum Gasteiger partial charge on any atom is -0.507 e. The number of Topliss-reactive ketones (excluding diaryl/α,β-unsaturated/α-hetero) is 1. The van der Waals surface area contributed by atoms with Crippen molar-refractivity contribution >= 4 is 45.6 Å². The standard InChI is InChI=1S/C34H35N3O6/c1-3-42-31(14-8-9-15-32(40)37-29-13-7-6-12-28(29)35)33(27-20-21-30(39)26-11-5-4-10-25(26)27)43-34(41)36-24-18-16-23(17-19-24)22(2)38/h4-7,9-13,15-21,31,33,39H,3,8,14,35H2,1-2H3,(H,36,41)(H,37,40)/b15-9+/t31-,33-/m1/s1. The molecule has 222 valence electrons. The van der Waals surface area contributed by atoms with Crippen LogP contribution in [0.3, 0.4) is 0 Å². The van der Waals surface area contributed by atoms with Crippen molar-refractivity contribution in [1.29, 1.82) is 0 Å². The molecule has 9 nitrogen and oxygen atoms in total. The number of benzene rings is 4. The number of carbonyl (C=O) groups is 3. The monoisotopic (exact) mass is 581 g/mol. The summed E-state index contributed by atoms with van der Waals surface area (Å²) < 4.78 is 12.1. The van der Waals surface area contributed by atoms with Crippen LogP contribution in [0.1, 0.15) is 48.7 Å². The van der Waals surface area contributed by atoms with Crippen LogP contribution in [0.15, 0.2) is 97.1 Å². The summed E-state index contributed by atoms with van der Waals surface area (Å²) in [6.07, 6.45) is 1.88. The van der Waals surface area contributed by atoms with Gasteiger partial charge in [-0.25, -0.2) is 4.79 Å². The van der Waals surface area contributed by atoms with Crippen molar-refractivity contribution in [3.8, 4) is 5.75 Å². The third kappa shape index (κ3) is 8.21. The Kier molecular flexibility index (Phi) is 10.5. The zero-order chi connectivity index (χ0) is 30.8. The third-order valence-electron chi connectivity index (χ3n) is 6.84. The number of nitrogen functional groups attached to an aromatic ring is 1. The van der Waals surface area contributed by atoms with E-state index < -0.39 is 18.3 Å². The molecule has 0 bridgehead atoms. The van der Waals surface area contributed by atoms with Gasteiger partial charge in [-0.05, 0) is 80.6 Å². The Bertz CT molecular complexity index is 1620. The number of hydrogen-bond donors (Lipinski definition) is 4. The maximum absolute atomic E-state index is 13.2. The van der Waals surface area contributed by atoms with Crippen LogP contribution in [0.5, 0.6) is 5.75 Å². The lowest BCUT2D eigenvalue weighted by atomic mass is 9.94. The van der Waals surface area contributed by atoms with Crippen molar-refractivity contribution in [1.82, 2.24) is 0 Å². The van der Waals surface area contributed by atoms with Crippen molar-refractivity contribution in [2.24, 2.45) is 0 Å². The van der Waals surface area contributed by atoms with E-state index in [1.54, 1.807) is 72.8 Å². The summed E-state index contributed by atoms with van der Waals surface area (Å²) in [4.78, 5) is 37.2. The molecule has 4 aromatic rings. The summed E-state index contributed by atoms with van der Waals surface area (Å²) in [7, 11) is 0. The molecule has 2 amide bonds. The molecule has 0 saturated heterocycles. The fraction of sp³-hybridized carbons (Fsp3) is 0.206. The van der Waals surface area contributed by atoms with Crippen molar-refractivity contribution in [2.75, 3.05) is 23.0 Å². The summed E-state index contributed by atoms with van der Waals surface area (Å²) in [5.41, 5.74) is 8.56. The Morgan fingerprint density at radius 2 is 1.60 bits per heavy atom. The van der Waals surface area contributed by atoms with E-state index in [2.05, 4.69) is 10.6 Å². The van der Waals surface area contributed by atoms with Crippen molar-refractivity contribution < 1.29 is 29.0 Å². The summed E-state index contributed by atoms with van der Waals surface area (Å²) in [6, 6.07) is 24.1. The number of anilines is 3. The van der Waals surface area contributed by atoms with Gasteiger partial charge in [0.05, 0.1) is 17.5 Å². The number of phenolic OH excluding ortho intramolecular Hbond substituents is 1. The highest BCUT2D eigenvalue weighted by atomic mass is 16.6. The molecule has 0 fully saturated rings. The van der Waals surface area contributed by atoms with Crippen LogP contribution in [-0.4, -0.2) is 35.6 Å². The van der Waals surface area contributed by atoms with E-state index in [9.17, 15) is 19.5 Å². The molecule has 4 rings (SSSR count). The fourth-order valence-corrected chi connectivity index (χ4v) is 4.72. The number of rotatable bonds is 12. The van der Waals surface area contributed by atoms with E-state index in [4.69, 9.17) is 15.2 Å². The number of para-hydroxylation sites is 2. The van der Waals surface area contributed by atoms with Crippen LogP contribution in [0, 0.1) is 0 Å². The van der Waals surface area contributed by atoms with Crippen LogP contribution in [0.2, 0.25) is 0 Å². The molecule has 43 heavy (non-hydrogen) atoms. The first-order valence-electron chi connectivity index (χ1n) is 14.0. The number of phenols is 1. The Morgan fingerprint density at radius 1 is 0.907 bits per heavy atom. The zero-order valence-corrected chi connectivity index (χ0v) is 24.1. The molecule has 0 heterocycles. The van der Waals surface area contributed by atoms with Gasteiger partial charge >= 0.3 is 6.09 Å². The van der Waals surface area contributed by atoms with Crippen LogP contribution >= 0.6 is 0 Å². The molecule has 0 saturated carbocycles. The Hall–Kier alpha value is -5.15. The maximum Gasteiger partial charge on any atom is 0.412 e. The molecule has 0 unspecified atom stereocenters. The van der Waals surface area contributed by atoms with Crippen LogP contribution < -0.4 is 16.4 Å². The average Bonchev–Trinajstić information content (AvgIpc) is 2.99. The summed E-state index contributed by atoms with van der Waals surface area (Å²) in [5, 5.41) is 17.3. The SMILES string of the molecule is CCO[C@H](CC/C=C/C(=O)Nc1ccccc1N)[C@H](OC(=O)Nc1ccc(C(C)=O)cc1)c1ccc(O)c2ccccc12. The largest absolute Gasteiger partial charge is 0.507 e. The minimum absolute atomic E-state index is 0.0799. The highest BCUT2D eigenvalue weighted by molar-refractivity contribution is 6.01. The number of amides is 2. The van der Waals surface area contributed by atoms with Gasteiger partial charge in [-0.1, -0.05) is 48.5 Å². The van der Waals surface area contributed by atoms with Gasteiger partial charge in [0.25, 0.3) is 0 Å². The number of nitrogens with two attached hydrogens (primary N) is 1. The van der Waals surface area contributed by atoms with Gasteiger partial charge in [-0.3, -0.25) is 14.9 Å². The van der Waals surface area contributed by atoms with Gasteiger partial charge in [0.2, 0.25) is 5.91 Å². The molecule has 0 aliphatic rings. The predicted octanol–water partition coefficient (Wildman–Crippen LogP) is 7.00. The molecule has 2 atom stereocenters. The van der Waals surface area contributed by atoms with E-state index in [0.717, 1.165) is 0 Å². The topological polar surface area (TPSA) is 140 Å². The van der Waals surface area contributed by atoms with Crippen LogP contribution in [0.25, 0.3) is 10.8 Å². The summed E-state index contributed by atoms with van der Waals surface area (Å²) >= 11 is 0. The normalized spacial score (nSPS) is 12.5. The van der Waals surface area contributed by atoms with Crippen molar-refractivity contribution in [2.45, 2.75) is 38.9 Å². The molecule has 0 spiro atoms. The molecule has 5 N–H and O–H groups in total. The number of nitrogens with one attached hydrogen (secondary N) is 2. The molecular formula is C34H35N3O6. The van der Waals surface area contributed by atoms with E-state index >= 15 is 0 Å². The van der Waals surface area contributed by atoms with E-state index in [-0.39, 0.29) is 17.4 Å². The highest BCUT2D eigenvalue weighted by Crippen LogP contribution is 2.36. The number of carbonyl (C=O) groups excluding carboxylic acids is 3. The number of fused-ring (bicyclic) bond motifs is 1. The van der Waals surface area contributed by atoms with Gasteiger partial charge in [0, 0.05) is 28.8 Å². The number of aromatic hydroxyl groups is 1. The van der Waals surface area contributed by atoms with Gasteiger partial charge in [0.1, 0.15) is 5.75 Å². The molecule has 4 aromatic carbocycles. The van der Waals surface area contributed by atoms with Crippen molar-refractivity contribution in [3.05, 3.63) is 108 Å². The summed E-state index contributed by atoms with van der Waals surface area (Å²) in [6.45, 7) is 3.67. The Labute approximate surface area is 250 Å². The first-order chi connectivity index (χ1) is 20.8.